The minimum atomic E-state index is -2.92. The number of sulfonamides is 1. The van der Waals surface area contributed by atoms with Gasteiger partial charge in [-0.15, -0.1) is 11.3 Å². The summed E-state index contributed by atoms with van der Waals surface area (Å²) in [5, 5.41) is 3.31. The molecule has 0 saturated heterocycles. The zero-order chi connectivity index (χ0) is 20.8. The van der Waals surface area contributed by atoms with Gasteiger partial charge in [0.15, 0.2) is 5.13 Å². The lowest BCUT2D eigenvalue weighted by molar-refractivity contribution is 0.362. The molecule has 2 aromatic heterocycles. The number of pyridine rings is 1. The predicted octanol–water partition coefficient (Wildman–Crippen LogP) is 4.11. The Labute approximate surface area is 174 Å². The molecule has 8 heteroatoms. The second-order valence-corrected chi connectivity index (χ2v) is 9.62. The van der Waals surface area contributed by atoms with Crippen LogP contribution in [0.3, 0.4) is 0 Å². The lowest BCUT2D eigenvalue weighted by Gasteiger charge is -2.26. The first-order valence-electron chi connectivity index (χ1n) is 9.74. The van der Waals surface area contributed by atoms with E-state index in [0.717, 1.165) is 17.9 Å². The number of nitrogens with one attached hydrogen (secondary N) is 1. The summed E-state index contributed by atoms with van der Waals surface area (Å²) < 4.78 is 22.5. The Morgan fingerprint density at radius 2 is 1.82 bits per heavy atom. The van der Waals surface area contributed by atoms with Crippen molar-refractivity contribution in [3.05, 3.63) is 41.7 Å². The number of nitrogens with zero attached hydrogens (tertiary/aromatic N) is 3. The maximum Gasteiger partial charge on any atom is 0.208 e. The number of thiazole rings is 1. The van der Waals surface area contributed by atoms with E-state index in [0.29, 0.717) is 6.54 Å². The van der Waals surface area contributed by atoms with Gasteiger partial charge in [-0.1, -0.05) is 32.3 Å². The normalized spacial score (nSPS) is 14.3. The number of aromatic nitrogens is 2. The first kappa shape index (κ1) is 24.5. The molecule has 1 fully saturated rings. The largest absolute Gasteiger partial charge is 0.351 e. The summed E-state index contributed by atoms with van der Waals surface area (Å²) in [6, 6.07) is 5.72. The Morgan fingerprint density at radius 3 is 2.18 bits per heavy atom. The molecule has 6 nitrogen and oxygen atoms in total. The molecule has 0 bridgehead atoms. The van der Waals surface area contributed by atoms with Crippen LogP contribution in [0.5, 0.6) is 0 Å². The molecule has 0 radical (unpaired) electrons. The van der Waals surface area contributed by atoms with Crippen LogP contribution in [0.1, 0.15) is 44.7 Å². The number of aryl methyl sites for hydroxylation is 1. The monoisotopic (exact) mass is 426 g/mol. The SMILES string of the molecule is CCNS(C)(=O)=O.Cc1csc(N(C)CC2CCCCC2)n1.c1ccncc1. The quantitative estimate of drug-likeness (QED) is 0.779. The fourth-order valence-corrected chi connectivity index (χ4v) is 4.23. The highest BCUT2D eigenvalue weighted by atomic mass is 32.2. The van der Waals surface area contributed by atoms with Crippen molar-refractivity contribution >= 4 is 26.5 Å². The van der Waals surface area contributed by atoms with E-state index in [1.165, 1.54) is 43.8 Å². The maximum absolute atomic E-state index is 10.1. The van der Waals surface area contributed by atoms with E-state index in [2.05, 4.69) is 38.9 Å². The van der Waals surface area contributed by atoms with Gasteiger partial charge in [-0.05, 0) is 37.8 Å². The van der Waals surface area contributed by atoms with Crippen LogP contribution >= 0.6 is 11.3 Å². The first-order valence-corrected chi connectivity index (χ1v) is 12.5. The molecular formula is C20H34N4O2S2. The molecule has 0 amide bonds. The van der Waals surface area contributed by atoms with Crippen molar-refractivity contribution < 1.29 is 8.42 Å². The van der Waals surface area contributed by atoms with Gasteiger partial charge in [0.05, 0.1) is 11.9 Å². The highest BCUT2D eigenvalue weighted by molar-refractivity contribution is 7.88. The topological polar surface area (TPSA) is 75.2 Å². The zero-order valence-corrected chi connectivity index (χ0v) is 19.1. The second-order valence-electron chi connectivity index (χ2n) is 6.95. The smallest absolute Gasteiger partial charge is 0.208 e. The van der Waals surface area contributed by atoms with Crippen LogP contribution in [0.15, 0.2) is 36.0 Å². The molecule has 0 unspecified atom stereocenters. The van der Waals surface area contributed by atoms with Crippen molar-refractivity contribution in [1.29, 1.82) is 0 Å². The third kappa shape index (κ3) is 12.0. The number of rotatable bonds is 5. The molecule has 28 heavy (non-hydrogen) atoms. The van der Waals surface area contributed by atoms with Gasteiger partial charge in [-0.2, -0.15) is 0 Å². The minimum Gasteiger partial charge on any atom is -0.351 e. The van der Waals surface area contributed by atoms with Crippen LogP contribution in [0.2, 0.25) is 0 Å². The van der Waals surface area contributed by atoms with Crippen molar-refractivity contribution in [2.75, 3.05) is 31.3 Å². The van der Waals surface area contributed by atoms with Crippen LogP contribution in [0.4, 0.5) is 5.13 Å². The summed E-state index contributed by atoms with van der Waals surface area (Å²) >= 11 is 1.76. The Kier molecular flexibility index (Phi) is 11.9. The highest BCUT2D eigenvalue weighted by Crippen LogP contribution is 2.26. The molecular weight excluding hydrogens is 392 g/mol. The summed E-state index contributed by atoms with van der Waals surface area (Å²) in [4.78, 5) is 10.6. The van der Waals surface area contributed by atoms with Gasteiger partial charge >= 0.3 is 0 Å². The molecule has 0 aliphatic heterocycles. The van der Waals surface area contributed by atoms with Crippen LogP contribution in [-0.4, -0.2) is 44.8 Å². The van der Waals surface area contributed by atoms with E-state index >= 15 is 0 Å². The Hall–Kier alpha value is -1.51. The van der Waals surface area contributed by atoms with E-state index in [9.17, 15) is 8.42 Å². The molecule has 2 aromatic rings. The molecule has 0 spiro atoms. The first-order chi connectivity index (χ1) is 13.3. The van der Waals surface area contributed by atoms with Crippen molar-refractivity contribution in [2.45, 2.75) is 46.0 Å². The zero-order valence-electron chi connectivity index (χ0n) is 17.5. The molecule has 158 valence electrons. The average Bonchev–Trinajstić information content (AvgIpc) is 3.11. The van der Waals surface area contributed by atoms with Crippen LogP contribution in [0, 0.1) is 12.8 Å². The predicted molar refractivity (Wildman–Crippen MR) is 119 cm³/mol. The molecule has 1 aliphatic carbocycles. The van der Waals surface area contributed by atoms with Crippen LogP contribution in [-0.2, 0) is 10.0 Å². The Morgan fingerprint density at radius 1 is 1.18 bits per heavy atom. The molecule has 1 N–H and O–H groups in total. The van der Waals surface area contributed by atoms with Gasteiger partial charge in [0, 0.05) is 37.9 Å². The third-order valence-corrected chi connectivity index (χ3v) is 6.05. The molecule has 0 aromatic carbocycles. The van der Waals surface area contributed by atoms with Gasteiger partial charge in [0.2, 0.25) is 10.0 Å². The molecule has 2 heterocycles. The van der Waals surface area contributed by atoms with Crippen molar-refractivity contribution in [3.8, 4) is 0 Å². The van der Waals surface area contributed by atoms with E-state index in [4.69, 9.17) is 0 Å². The molecule has 0 atom stereocenters. The summed E-state index contributed by atoms with van der Waals surface area (Å²) in [7, 11) is -0.751. The van der Waals surface area contributed by atoms with Gasteiger partial charge in [-0.25, -0.2) is 18.1 Å². The van der Waals surface area contributed by atoms with Gasteiger partial charge < -0.3 is 4.90 Å². The summed E-state index contributed by atoms with van der Waals surface area (Å²) in [6.45, 7) is 5.46. The fourth-order valence-electron chi connectivity index (χ4n) is 2.93. The van der Waals surface area contributed by atoms with Gasteiger partial charge in [-0.3, -0.25) is 4.98 Å². The highest BCUT2D eigenvalue weighted by Gasteiger charge is 2.16. The van der Waals surface area contributed by atoms with Crippen LogP contribution < -0.4 is 9.62 Å². The average molecular weight is 427 g/mol. The fraction of sp³-hybridized carbons (Fsp3) is 0.600. The van der Waals surface area contributed by atoms with Gasteiger partial charge in [0.25, 0.3) is 0 Å². The number of anilines is 1. The molecule has 3 rings (SSSR count). The Bertz CT molecular complexity index is 703. The van der Waals surface area contributed by atoms with E-state index in [1.54, 1.807) is 30.7 Å². The summed E-state index contributed by atoms with van der Waals surface area (Å²) in [5.41, 5.74) is 1.14. The second kappa shape index (κ2) is 13.6. The minimum absolute atomic E-state index is 0.471. The van der Waals surface area contributed by atoms with E-state index in [-0.39, 0.29) is 0 Å². The van der Waals surface area contributed by atoms with Gasteiger partial charge in [0.1, 0.15) is 0 Å². The summed E-state index contributed by atoms with van der Waals surface area (Å²) in [6.07, 6.45) is 11.8. The Balaban J connectivity index is 0.000000250. The maximum atomic E-state index is 10.1. The number of hydrogen-bond donors (Lipinski definition) is 1. The summed E-state index contributed by atoms with van der Waals surface area (Å²) in [5.74, 6) is 0.896. The third-order valence-electron chi connectivity index (χ3n) is 4.16. The van der Waals surface area contributed by atoms with E-state index in [1.807, 2.05) is 18.2 Å². The van der Waals surface area contributed by atoms with Crippen molar-refractivity contribution in [2.24, 2.45) is 5.92 Å². The lowest BCUT2D eigenvalue weighted by atomic mass is 9.89. The lowest BCUT2D eigenvalue weighted by Crippen LogP contribution is -2.26. The van der Waals surface area contributed by atoms with Crippen molar-refractivity contribution in [3.63, 3.8) is 0 Å². The molecule has 1 saturated carbocycles. The van der Waals surface area contributed by atoms with Crippen LogP contribution in [0.25, 0.3) is 0 Å². The standard InChI is InChI=1S/C12H20N2S.C5H5N.C3H9NO2S/c1-10-9-15-12(13-10)14(2)8-11-6-4-3-5-7-11;1-2-4-6-5-3-1;1-3-4-7(2,5)6/h9,11H,3-8H2,1-2H3;1-5H;4H,3H2,1-2H3. The van der Waals surface area contributed by atoms with Crippen molar-refractivity contribution in [1.82, 2.24) is 14.7 Å². The number of hydrogen-bond acceptors (Lipinski definition) is 6. The molecule has 1 aliphatic rings. The van der Waals surface area contributed by atoms with E-state index < -0.39 is 10.0 Å².